The second-order valence-electron chi connectivity index (χ2n) is 10.3. The van der Waals surface area contributed by atoms with Crippen molar-refractivity contribution in [3.05, 3.63) is 99.9 Å². The van der Waals surface area contributed by atoms with Crippen molar-refractivity contribution in [3.8, 4) is 0 Å². The van der Waals surface area contributed by atoms with Crippen LogP contribution in [0.1, 0.15) is 63.0 Å². The van der Waals surface area contributed by atoms with Crippen molar-refractivity contribution in [2.45, 2.75) is 58.2 Å². The van der Waals surface area contributed by atoms with Gasteiger partial charge in [0.05, 0.1) is 12.1 Å². The number of benzene rings is 2. The van der Waals surface area contributed by atoms with Crippen molar-refractivity contribution < 1.29 is 23.5 Å². The van der Waals surface area contributed by atoms with Gasteiger partial charge in [0.1, 0.15) is 17.3 Å². The Labute approximate surface area is 233 Å². The molecule has 0 bridgehead atoms. The van der Waals surface area contributed by atoms with E-state index in [0.29, 0.717) is 30.9 Å². The lowest BCUT2D eigenvalue weighted by atomic mass is 10.00. The van der Waals surface area contributed by atoms with Gasteiger partial charge < -0.3 is 20.6 Å². The smallest absolute Gasteiger partial charge is 0.272 e. The number of aliphatic hydroxyl groups excluding tert-OH is 1. The summed E-state index contributed by atoms with van der Waals surface area (Å²) in [6.45, 7) is 5.73. The first-order chi connectivity index (χ1) is 19.2. The Bertz CT molecular complexity index is 1320. The number of nitrogens with zero attached hydrogens (tertiary/aromatic N) is 2. The Balaban J connectivity index is 1.50. The van der Waals surface area contributed by atoms with Gasteiger partial charge in [-0.05, 0) is 73.6 Å². The molecule has 1 saturated heterocycles. The number of amides is 2. The molecule has 2 atom stereocenters. The number of carbonyl (C=O) groups excluding carboxylic acids is 2. The maximum atomic E-state index is 13.9. The minimum absolute atomic E-state index is 0.00177. The van der Waals surface area contributed by atoms with Gasteiger partial charge in [-0.2, -0.15) is 0 Å². The van der Waals surface area contributed by atoms with E-state index in [0.717, 1.165) is 30.9 Å². The highest BCUT2D eigenvalue weighted by molar-refractivity contribution is 5.99. The first-order valence-electron chi connectivity index (χ1n) is 13.7. The lowest BCUT2D eigenvalue weighted by Gasteiger charge is -2.25. The quantitative estimate of drug-likeness (QED) is 0.336. The Morgan fingerprint density at radius 1 is 1.00 bits per heavy atom. The number of aromatic nitrogens is 1. The minimum Gasteiger partial charge on any atom is -0.390 e. The molecule has 2 heterocycles. The second kappa shape index (κ2) is 13.6. The van der Waals surface area contributed by atoms with Crippen LogP contribution in [0.15, 0.2) is 54.6 Å². The van der Waals surface area contributed by atoms with Crippen LogP contribution in [0.5, 0.6) is 0 Å². The average molecular weight is 551 g/mol. The molecule has 2 unspecified atom stereocenters. The van der Waals surface area contributed by atoms with Crippen LogP contribution in [0.2, 0.25) is 0 Å². The molecule has 1 aromatic heterocycles. The van der Waals surface area contributed by atoms with Gasteiger partial charge in [0.15, 0.2) is 0 Å². The van der Waals surface area contributed by atoms with Crippen LogP contribution in [-0.2, 0) is 19.4 Å². The topological polar surface area (TPSA) is 94.6 Å². The summed E-state index contributed by atoms with van der Waals surface area (Å²) >= 11 is 0. The van der Waals surface area contributed by atoms with Crippen molar-refractivity contribution in [2.75, 3.05) is 19.6 Å². The summed E-state index contributed by atoms with van der Waals surface area (Å²) in [7, 11) is 0. The van der Waals surface area contributed by atoms with Crippen LogP contribution in [0.3, 0.4) is 0 Å². The third-order valence-electron chi connectivity index (χ3n) is 7.07. The lowest BCUT2D eigenvalue weighted by Crippen LogP contribution is -2.48. The normalized spacial score (nSPS) is 14.7. The van der Waals surface area contributed by atoms with Gasteiger partial charge in [-0.1, -0.05) is 31.2 Å². The molecule has 2 amide bonds. The van der Waals surface area contributed by atoms with E-state index in [1.54, 1.807) is 17.9 Å². The van der Waals surface area contributed by atoms with Crippen LogP contribution < -0.4 is 10.6 Å². The number of halogens is 2. The Morgan fingerprint density at radius 2 is 1.70 bits per heavy atom. The molecule has 7 nitrogen and oxygen atoms in total. The predicted octanol–water partition coefficient (Wildman–Crippen LogP) is 3.96. The fourth-order valence-electron chi connectivity index (χ4n) is 4.98. The molecule has 1 aliphatic rings. The summed E-state index contributed by atoms with van der Waals surface area (Å²) in [6, 6.07) is 13.4. The van der Waals surface area contributed by atoms with Crippen LogP contribution in [0.25, 0.3) is 0 Å². The van der Waals surface area contributed by atoms with Crippen molar-refractivity contribution in [1.29, 1.82) is 0 Å². The van der Waals surface area contributed by atoms with E-state index >= 15 is 0 Å². The zero-order valence-electron chi connectivity index (χ0n) is 22.9. The SMILES string of the molecule is CCc1cccc(CNCC(O)C(Cc2cc(F)cc(F)c2)NC(=O)c2cc(C)nc(C(=O)N3CCCC3)c2)c1. The van der Waals surface area contributed by atoms with Gasteiger partial charge in [0.25, 0.3) is 11.8 Å². The summed E-state index contributed by atoms with van der Waals surface area (Å²) in [5, 5.41) is 17.1. The lowest BCUT2D eigenvalue weighted by molar-refractivity contribution is 0.0786. The molecule has 212 valence electrons. The highest BCUT2D eigenvalue weighted by atomic mass is 19.1. The molecule has 0 radical (unpaired) electrons. The largest absolute Gasteiger partial charge is 0.390 e. The molecule has 1 aliphatic heterocycles. The molecule has 40 heavy (non-hydrogen) atoms. The van der Waals surface area contributed by atoms with Crippen molar-refractivity contribution in [1.82, 2.24) is 20.5 Å². The van der Waals surface area contributed by atoms with Crippen molar-refractivity contribution >= 4 is 11.8 Å². The molecule has 0 saturated carbocycles. The number of nitrogens with one attached hydrogen (secondary N) is 2. The van der Waals surface area contributed by atoms with E-state index in [2.05, 4.69) is 28.6 Å². The zero-order chi connectivity index (χ0) is 28.6. The molecule has 4 rings (SSSR count). The minimum atomic E-state index is -1.07. The fraction of sp³-hybridized carbons (Fsp3) is 0.387. The number of hydrogen-bond acceptors (Lipinski definition) is 5. The summed E-state index contributed by atoms with van der Waals surface area (Å²) in [4.78, 5) is 32.3. The van der Waals surface area contributed by atoms with Crippen molar-refractivity contribution in [3.63, 3.8) is 0 Å². The van der Waals surface area contributed by atoms with Crippen LogP contribution in [0, 0.1) is 18.6 Å². The first-order valence-corrected chi connectivity index (χ1v) is 13.7. The van der Waals surface area contributed by atoms with Gasteiger partial charge >= 0.3 is 0 Å². The molecule has 2 aromatic carbocycles. The Hall–Kier alpha value is -3.69. The molecule has 1 fully saturated rings. The van der Waals surface area contributed by atoms with Crippen LogP contribution in [-0.4, -0.2) is 58.6 Å². The second-order valence-corrected chi connectivity index (χ2v) is 10.3. The fourth-order valence-corrected chi connectivity index (χ4v) is 4.98. The molecule has 3 N–H and O–H groups in total. The number of hydrogen-bond donors (Lipinski definition) is 3. The maximum Gasteiger partial charge on any atom is 0.272 e. The third-order valence-corrected chi connectivity index (χ3v) is 7.07. The van der Waals surface area contributed by atoms with E-state index in [1.807, 2.05) is 18.2 Å². The Morgan fingerprint density at radius 3 is 2.40 bits per heavy atom. The number of aliphatic hydroxyl groups is 1. The maximum absolute atomic E-state index is 13.9. The molecule has 0 aliphatic carbocycles. The van der Waals surface area contributed by atoms with Crippen LogP contribution in [0.4, 0.5) is 8.78 Å². The number of aryl methyl sites for hydroxylation is 2. The van der Waals surface area contributed by atoms with E-state index in [4.69, 9.17) is 0 Å². The summed E-state index contributed by atoms with van der Waals surface area (Å²) < 4.78 is 27.8. The van der Waals surface area contributed by atoms with E-state index in [9.17, 15) is 23.5 Å². The van der Waals surface area contributed by atoms with Gasteiger partial charge in [0, 0.05) is 43.5 Å². The standard InChI is InChI=1S/C31H36F2N4O3/c1-3-21-7-6-8-22(12-21)18-34-19-29(38)27(15-23-13-25(32)17-26(33)14-23)36-30(39)24-11-20(2)35-28(16-24)31(40)37-9-4-5-10-37/h6-8,11-14,16-17,27,29,34,38H,3-5,9-10,15,18-19H2,1-2H3,(H,36,39). The van der Waals surface area contributed by atoms with E-state index in [-0.39, 0.29) is 30.1 Å². The van der Waals surface area contributed by atoms with Crippen LogP contribution >= 0.6 is 0 Å². The number of likely N-dealkylation sites (tertiary alicyclic amines) is 1. The predicted molar refractivity (Wildman–Crippen MR) is 149 cm³/mol. The first kappa shape index (κ1) is 29.3. The van der Waals surface area contributed by atoms with Gasteiger partial charge in [0.2, 0.25) is 0 Å². The highest BCUT2D eigenvalue weighted by Gasteiger charge is 2.25. The molecular formula is C31H36F2N4O3. The monoisotopic (exact) mass is 550 g/mol. The molecular weight excluding hydrogens is 514 g/mol. The van der Waals surface area contributed by atoms with Gasteiger partial charge in [-0.3, -0.25) is 9.59 Å². The van der Waals surface area contributed by atoms with E-state index < -0.39 is 29.7 Å². The Kier molecular flexibility index (Phi) is 9.95. The summed E-state index contributed by atoms with van der Waals surface area (Å²) in [5.41, 5.74) is 3.48. The van der Waals surface area contributed by atoms with Crippen molar-refractivity contribution in [2.24, 2.45) is 0 Å². The van der Waals surface area contributed by atoms with Gasteiger partial charge in [-0.15, -0.1) is 0 Å². The zero-order valence-corrected chi connectivity index (χ0v) is 22.9. The molecule has 3 aromatic rings. The number of rotatable bonds is 11. The molecule has 0 spiro atoms. The summed E-state index contributed by atoms with van der Waals surface area (Å²) in [5.74, 6) is -2.22. The summed E-state index contributed by atoms with van der Waals surface area (Å²) in [6.07, 6.45) is 1.71. The van der Waals surface area contributed by atoms with Gasteiger partial charge in [-0.25, -0.2) is 13.8 Å². The van der Waals surface area contributed by atoms with E-state index in [1.165, 1.54) is 23.8 Å². The highest BCUT2D eigenvalue weighted by Crippen LogP contribution is 2.16. The molecule has 9 heteroatoms. The average Bonchev–Trinajstić information content (AvgIpc) is 3.46. The number of pyridine rings is 1. The number of carbonyl (C=O) groups is 2. The third kappa shape index (κ3) is 7.92.